The number of hydrogen-bond acceptors (Lipinski definition) is 4. The number of anilines is 6. The summed E-state index contributed by atoms with van der Waals surface area (Å²) in [5, 5.41) is 5.21. The predicted octanol–water partition coefficient (Wildman–Crippen LogP) is 16.0. The van der Waals surface area contributed by atoms with Crippen LogP contribution in [-0.4, -0.2) is 27.2 Å². The van der Waals surface area contributed by atoms with E-state index in [1.54, 1.807) is 0 Å². The second kappa shape index (κ2) is 18.8. The lowest BCUT2D eigenvalue weighted by Crippen LogP contribution is -2.72. The number of rotatable bonds is 10. The molecule has 0 N–H and O–H groups in total. The normalized spacial score (nSPS) is 12.5. The van der Waals surface area contributed by atoms with E-state index in [0.29, 0.717) is 0 Å². The van der Waals surface area contributed by atoms with E-state index in [1.807, 2.05) is 0 Å². The molecule has 12 aromatic carbocycles. The lowest BCUT2D eigenvalue weighted by atomic mass is 10.0. The highest BCUT2D eigenvalue weighted by molar-refractivity contribution is 7.26. The van der Waals surface area contributed by atoms with Crippen molar-refractivity contribution < 1.29 is 0 Å². The van der Waals surface area contributed by atoms with E-state index in [2.05, 4.69) is 322 Å². The quantitative estimate of drug-likeness (QED) is 0.128. The molecule has 0 saturated carbocycles. The minimum Gasteiger partial charge on any atom is -0.311 e. The summed E-state index contributed by atoms with van der Waals surface area (Å²) in [6.45, 7) is 0. The van der Waals surface area contributed by atoms with Gasteiger partial charge in [-0.25, -0.2) is 9.97 Å². The van der Waals surface area contributed by atoms with Crippen LogP contribution in [0.2, 0.25) is 0 Å². The Morgan fingerprint density at radius 2 is 0.531 bits per heavy atom. The van der Waals surface area contributed by atoms with Crippen molar-refractivity contribution in [3.8, 4) is 56.4 Å². The van der Waals surface area contributed by atoms with Gasteiger partial charge in [0.25, 0.3) is 0 Å². The van der Waals surface area contributed by atoms with E-state index in [-0.39, 0.29) is 0 Å². The minimum absolute atomic E-state index is 0.896. The second-order valence-electron chi connectivity index (χ2n) is 20.8. The Morgan fingerprint density at radius 3 is 0.889 bits per heavy atom. The lowest BCUT2D eigenvalue weighted by Gasteiger charge is -2.38. The van der Waals surface area contributed by atoms with Crippen LogP contribution in [0.4, 0.5) is 34.1 Å². The van der Waals surface area contributed by atoms with Gasteiger partial charge in [0.1, 0.15) is 11.6 Å². The molecule has 4 heterocycles. The van der Waals surface area contributed by atoms with Crippen molar-refractivity contribution in [1.29, 1.82) is 0 Å². The van der Waals surface area contributed by atoms with Gasteiger partial charge in [0, 0.05) is 56.6 Å². The van der Waals surface area contributed by atoms with Gasteiger partial charge in [0.15, 0.2) is 8.07 Å². The molecule has 0 amide bonds. The SMILES string of the molecule is c1ccc(N(c2ccccc2)c2cccc3c2[Si]2(c4c(cccc4-c4nc5ccccc5n4-c4ccccc4)-c4cccc(-c5nc6ccccc6n5-c5ccccc5)c42)c2c-3cccc2N(c2ccccc2)c2ccccc2)cc1. The van der Waals surface area contributed by atoms with Crippen molar-refractivity contribution in [3.05, 3.63) is 303 Å². The first-order chi connectivity index (χ1) is 40.3. The summed E-state index contributed by atoms with van der Waals surface area (Å²) in [4.78, 5) is 16.6. The average Bonchev–Trinajstić information content (AvgIpc) is 1.66. The molecule has 1 spiro atoms. The zero-order valence-corrected chi connectivity index (χ0v) is 45.1. The zero-order chi connectivity index (χ0) is 53.4. The Hall–Kier alpha value is -10.6. The maximum Gasteiger partial charge on any atom is 0.188 e. The van der Waals surface area contributed by atoms with E-state index in [1.165, 1.54) is 43.0 Å². The third kappa shape index (κ3) is 7.05. The molecule has 7 heteroatoms. The number of fused-ring (bicyclic) bond motifs is 12. The Labute approximate surface area is 471 Å². The van der Waals surface area contributed by atoms with E-state index in [0.717, 1.165) is 90.3 Å². The molecule has 2 aromatic heterocycles. The molecule has 0 aliphatic carbocycles. The number of nitrogens with zero attached hydrogens (tertiary/aromatic N) is 6. The first-order valence-corrected chi connectivity index (χ1v) is 29.7. The van der Waals surface area contributed by atoms with Gasteiger partial charge in [0.2, 0.25) is 0 Å². The van der Waals surface area contributed by atoms with E-state index in [9.17, 15) is 0 Å². The Morgan fingerprint density at radius 1 is 0.247 bits per heavy atom. The third-order valence-electron chi connectivity index (χ3n) is 16.5. The van der Waals surface area contributed by atoms with Crippen LogP contribution in [0.25, 0.3) is 78.5 Å². The molecule has 0 unspecified atom stereocenters. The van der Waals surface area contributed by atoms with Crippen LogP contribution in [0.5, 0.6) is 0 Å². The van der Waals surface area contributed by atoms with Crippen LogP contribution in [0.1, 0.15) is 0 Å². The van der Waals surface area contributed by atoms with Gasteiger partial charge < -0.3 is 9.80 Å². The standard InChI is InChI=1S/C74H50N6Si/c1-7-27-51(28-8-1)77(52-29-9-2-10-30-52)67-49-25-41-59-60-42-26-50-68(78(53-31-11-3-12-32-53)54-33-13-4-14-34-54)72(60)81(71(59)67)69-57(39-23-43-61(69)73-75-63-45-19-21-47-65(63)79(73)55-35-15-5-16-36-55)58-40-24-44-62(70(58)81)74-76-64-46-20-22-48-66(64)80(74)56-37-17-6-18-38-56/h1-50H. The summed E-state index contributed by atoms with van der Waals surface area (Å²) in [5.74, 6) is 1.79. The Balaban J connectivity index is 1.14. The van der Waals surface area contributed by atoms with Crippen molar-refractivity contribution in [2.75, 3.05) is 9.80 Å². The fourth-order valence-corrected chi connectivity index (χ4v) is 19.8. The molecule has 2 aliphatic rings. The number of benzene rings is 12. The summed E-state index contributed by atoms with van der Waals surface area (Å²) in [6, 6.07) is 111. The van der Waals surface area contributed by atoms with Crippen LogP contribution >= 0.6 is 0 Å². The van der Waals surface area contributed by atoms with Gasteiger partial charge >= 0.3 is 0 Å². The van der Waals surface area contributed by atoms with E-state index >= 15 is 0 Å². The maximum atomic E-state index is 5.78. The predicted molar refractivity (Wildman–Crippen MR) is 338 cm³/mol. The smallest absolute Gasteiger partial charge is 0.188 e. The molecule has 0 fully saturated rings. The molecular formula is C74H50N6Si. The molecule has 81 heavy (non-hydrogen) atoms. The molecule has 16 rings (SSSR count). The largest absolute Gasteiger partial charge is 0.311 e. The number of imidazole rings is 2. The average molecular weight is 1050 g/mol. The monoisotopic (exact) mass is 1050 g/mol. The number of hydrogen-bond donors (Lipinski definition) is 0. The van der Waals surface area contributed by atoms with Gasteiger partial charge in [-0.15, -0.1) is 0 Å². The maximum absolute atomic E-state index is 5.78. The number of aromatic nitrogens is 4. The van der Waals surface area contributed by atoms with Crippen molar-refractivity contribution in [2.24, 2.45) is 0 Å². The molecule has 6 nitrogen and oxygen atoms in total. The molecule has 0 radical (unpaired) electrons. The third-order valence-corrected chi connectivity index (χ3v) is 21.6. The highest BCUT2D eigenvalue weighted by Crippen LogP contribution is 2.49. The van der Waals surface area contributed by atoms with E-state index in [4.69, 9.17) is 9.97 Å². The highest BCUT2D eigenvalue weighted by Gasteiger charge is 2.60. The van der Waals surface area contributed by atoms with Crippen LogP contribution < -0.4 is 30.5 Å². The van der Waals surface area contributed by atoms with Crippen LogP contribution in [-0.2, 0) is 0 Å². The van der Waals surface area contributed by atoms with Crippen LogP contribution in [0, 0.1) is 0 Å². The molecule has 0 atom stereocenters. The van der Waals surface area contributed by atoms with Gasteiger partial charge in [-0.3, -0.25) is 9.13 Å². The summed E-state index contributed by atoms with van der Waals surface area (Å²) < 4.78 is 4.78. The van der Waals surface area contributed by atoms with Crippen molar-refractivity contribution >= 4 is 85.0 Å². The van der Waals surface area contributed by atoms with Crippen molar-refractivity contribution in [1.82, 2.24) is 19.1 Å². The van der Waals surface area contributed by atoms with Crippen molar-refractivity contribution in [3.63, 3.8) is 0 Å². The molecular weight excluding hydrogens is 1000 g/mol. The molecule has 380 valence electrons. The van der Waals surface area contributed by atoms with Gasteiger partial charge in [-0.1, -0.05) is 194 Å². The van der Waals surface area contributed by atoms with Crippen molar-refractivity contribution in [2.45, 2.75) is 0 Å². The minimum atomic E-state index is -3.89. The zero-order valence-electron chi connectivity index (χ0n) is 44.1. The van der Waals surface area contributed by atoms with E-state index < -0.39 is 8.07 Å². The molecule has 2 aliphatic heterocycles. The van der Waals surface area contributed by atoms with Gasteiger partial charge in [0.05, 0.1) is 22.1 Å². The lowest BCUT2D eigenvalue weighted by molar-refractivity contribution is 1.10. The topological polar surface area (TPSA) is 42.1 Å². The molecule has 14 aromatic rings. The number of para-hydroxylation sites is 10. The summed E-state index contributed by atoms with van der Waals surface area (Å²) in [5.41, 5.74) is 19.6. The molecule has 0 saturated heterocycles. The molecule has 0 bridgehead atoms. The Kier molecular flexibility index (Phi) is 10.8. The van der Waals surface area contributed by atoms with Crippen LogP contribution in [0.15, 0.2) is 303 Å². The summed E-state index contributed by atoms with van der Waals surface area (Å²) in [7, 11) is -3.89. The highest BCUT2D eigenvalue weighted by atomic mass is 28.3. The fraction of sp³-hybridized carbons (Fsp3) is 0. The first kappa shape index (κ1) is 46.5. The second-order valence-corrected chi connectivity index (χ2v) is 24.3. The Bertz CT molecular complexity index is 4310. The summed E-state index contributed by atoms with van der Waals surface area (Å²) in [6.07, 6.45) is 0. The summed E-state index contributed by atoms with van der Waals surface area (Å²) >= 11 is 0. The van der Waals surface area contributed by atoms with Gasteiger partial charge in [-0.2, -0.15) is 0 Å². The van der Waals surface area contributed by atoms with Crippen LogP contribution in [0.3, 0.4) is 0 Å². The fourth-order valence-electron chi connectivity index (χ4n) is 13.4. The first-order valence-electron chi connectivity index (χ1n) is 27.7. The van der Waals surface area contributed by atoms with Gasteiger partial charge in [-0.05, 0) is 152 Å².